The smallest absolute Gasteiger partial charge is 0.350 e. The number of rotatable bonds is 4. The van der Waals surface area contributed by atoms with Gasteiger partial charge < -0.3 is 15.0 Å². The van der Waals surface area contributed by atoms with E-state index in [2.05, 4.69) is 10.2 Å². The fourth-order valence-corrected chi connectivity index (χ4v) is 3.62. The number of esters is 1. The van der Waals surface area contributed by atoms with Crippen molar-refractivity contribution in [3.8, 4) is 0 Å². The minimum Gasteiger partial charge on any atom is -0.465 e. The number of halogens is 1. The highest BCUT2D eigenvalue weighted by atomic mass is 32.1. The molecule has 0 bridgehead atoms. The van der Waals surface area contributed by atoms with E-state index in [9.17, 15) is 14.0 Å². The van der Waals surface area contributed by atoms with Crippen molar-refractivity contribution >= 4 is 29.0 Å². The van der Waals surface area contributed by atoms with Crippen LogP contribution in [0.15, 0.2) is 35.7 Å². The summed E-state index contributed by atoms with van der Waals surface area (Å²) in [5, 5.41) is 4.51. The molecule has 0 unspecified atom stereocenters. The van der Waals surface area contributed by atoms with Crippen LogP contribution in [0.4, 0.5) is 14.9 Å². The molecule has 1 aliphatic heterocycles. The number of hydrogen-bond donors (Lipinski definition) is 1. The summed E-state index contributed by atoms with van der Waals surface area (Å²) in [5.74, 6) is -0.701. The van der Waals surface area contributed by atoms with E-state index < -0.39 is 5.97 Å². The third-order valence-electron chi connectivity index (χ3n) is 4.23. The average molecular weight is 377 g/mol. The summed E-state index contributed by atoms with van der Waals surface area (Å²) in [6.45, 7) is 3.21. The van der Waals surface area contributed by atoms with E-state index in [0.717, 1.165) is 5.56 Å². The first kappa shape index (κ1) is 18.3. The fourth-order valence-electron chi connectivity index (χ4n) is 2.86. The molecule has 1 N–H and O–H groups in total. The average Bonchev–Trinajstić information content (AvgIpc) is 3.10. The largest absolute Gasteiger partial charge is 0.465 e. The van der Waals surface area contributed by atoms with Crippen LogP contribution in [0.5, 0.6) is 0 Å². The molecule has 26 heavy (non-hydrogen) atoms. The van der Waals surface area contributed by atoms with Crippen LogP contribution < -0.4 is 5.32 Å². The molecule has 2 amide bonds. The molecule has 8 heteroatoms. The van der Waals surface area contributed by atoms with Gasteiger partial charge in [0, 0.05) is 32.7 Å². The minimum atomic E-state index is -0.463. The summed E-state index contributed by atoms with van der Waals surface area (Å²) in [7, 11) is 1.31. The predicted molar refractivity (Wildman–Crippen MR) is 97.9 cm³/mol. The summed E-state index contributed by atoms with van der Waals surface area (Å²) in [6, 6.07) is 8.01. The number of carbonyl (C=O) groups excluding carboxylic acids is 2. The van der Waals surface area contributed by atoms with E-state index in [0.29, 0.717) is 43.3 Å². The molecular weight excluding hydrogens is 357 g/mol. The van der Waals surface area contributed by atoms with Gasteiger partial charge in [0.25, 0.3) is 0 Å². The van der Waals surface area contributed by atoms with Gasteiger partial charge in [0.1, 0.15) is 10.7 Å². The van der Waals surface area contributed by atoms with E-state index in [-0.39, 0.29) is 11.8 Å². The van der Waals surface area contributed by atoms with Crippen LogP contribution in [0.1, 0.15) is 15.2 Å². The number of benzene rings is 1. The lowest BCUT2D eigenvalue weighted by atomic mass is 10.2. The summed E-state index contributed by atoms with van der Waals surface area (Å²) in [6.07, 6.45) is 0. The second kappa shape index (κ2) is 8.29. The maximum absolute atomic E-state index is 13.3. The normalized spacial score (nSPS) is 14.9. The van der Waals surface area contributed by atoms with Gasteiger partial charge in [-0.2, -0.15) is 0 Å². The fraction of sp³-hybridized carbons (Fsp3) is 0.333. The summed E-state index contributed by atoms with van der Waals surface area (Å²) in [5.41, 5.74) is 1.39. The van der Waals surface area contributed by atoms with Crippen molar-refractivity contribution < 1.29 is 18.7 Å². The molecule has 0 aliphatic carbocycles. The Bertz CT molecular complexity index is 787. The zero-order valence-electron chi connectivity index (χ0n) is 14.4. The summed E-state index contributed by atoms with van der Waals surface area (Å²) < 4.78 is 18.0. The lowest BCUT2D eigenvalue weighted by molar-refractivity contribution is 0.0607. The maximum atomic E-state index is 13.3. The monoisotopic (exact) mass is 377 g/mol. The van der Waals surface area contributed by atoms with Crippen LogP contribution in [-0.2, 0) is 11.3 Å². The van der Waals surface area contributed by atoms with Gasteiger partial charge in [0.2, 0.25) is 0 Å². The van der Waals surface area contributed by atoms with Crippen molar-refractivity contribution in [2.45, 2.75) is 6.54 Å². The van der Waals surface area contributed by atoms with E-state index in [4.69, 9.17) is 4.74 Å². The molecule has 0 saturated carbocycles. The Morgan fingerprint density at radius 3 is 2.69 bits per heavy atom. The van der Waals surface area contributed by atoms with E-state index >= 15 is 0 Å². The van der Waals surface area contributed by atoms with E-state index in [1.807, 2.05) is 6.07 Å². The molecule has 0 radical (unpaired) electrons. The zero-order valence-corrected chi connectivity index (χ0v) is 15.2. The van der Waals surface area contributed by atoms with Gasteiger partial charge in [-0.25, -0.2) is 14.0 Å². The highest BCUT2D eigenvalue weighted by Gasteiger charge is 2.23. The number of urea groups is 1. The Morgan fingerprint density at radius 1 is 1.23 bits per heavy atom. The van der Waals surface area contributed by atoms with Crippen LogP contribution in [0.3, 0.4) is 0 Å². The number of anilines is 1. The molecule has 2 aromatic rings. The zero-order chi connectivity index (χ0) is 18.5. The van der Waals surface area contributed by atoms with Crippen molar-refractivity contribution in [3.63, 3.8) is 0 Å². The summed E-state index contributed by atoms with van der Waals surface area (Å²) in [4.78, 5) is 28.4. The summed E-state index contributed by atoms with van der Waals surface area (Å²) >= 11 is 1.23. The second-order valence-corrected chi connectivity index (χ2v) is 6.89. The van der Waals surface area contributed by atoms with E-state index in [1.54, 1.807) is 22.4 Å². The molecule has 0 spiro atoms. The van der Waals surface area contributed by atoms with Gasteiger partial charge in [-0.1, -0.05) is 12.1 Å². The first-order chi connectivity index (χ1) is 12.6. The van der Waals surface area contributed by atoms with Crippen LogP contribution in [0.25, 0.3) is 0 Å². The second-order valence-electron chi connectivity index (χ2n) is 5.98. The van der Waals surface area contributed by atoms with Crippen molar-refractivity contribution in [1.29, 1.82) is 0 Å². The third kappa shape index (κ3) is 4.39. The Kier molecular flexibility index (Phi) is 5.85. The van der Waals surface area contributed by atoms with Crippen molar-refractivity contribution in [2.24, 2.45) is 0 Å². The van der Waals surface area contributed by atoms with Gasteiger partial charge in [-0.05, 0) is 29.1 Å². The quantitative estimate of drug-likeness (QED) is 0.832. The Balaban J connectivity index is 1.52. The number of carbonyl (C=O) groups is 2. The van der Waals surface area contributed by atoms with Crippen LogP contribution in [0.2, 0.25) is 0 Å². The van der Waals surface area contributed by atoms with Crippen molar-refractivity contribution in [2.75, 3.05) is 38.6 Å². The molecule has 138 valence electrons. The van der Waals surface area contributed by atoms with Gasteiger partial charge in [-0.15, -0.1) is 11.3 Å². The number of amides is 2. The molecule has 0 atom stereocenters. The maximum Gasteiger partial charge on any atom is 0.350 e. The first-order valence-corrected chi connectivity index (χ1v) is 9.13. The molecule has 1 aliphatic rings. The molecule has 1 fully saturated rings. The predicted octanol–water partition coefficient (Wildman–Crippen LogP) is 3.02. The van der Waals surface area contributed by atoms with Gasteiger partial charge >= 0.3 is 12.0 Å². The van der Waals surface area contributed by atoms with Gasteiger partial charge in [0.05, 0.1) is 12.8 Å². The molecule has 1 aromatic heterocycles. The Hall–Kier alpha value is -2.45. The number of nitrogens with one attached hydrogen (secondary N) is 1. The van der Waals surface area contributed by atoms with Crippen LogP contribution >= 0.6 is 11.3 Å². The van der Waals surface area contributed by atoms with Crippen molar-refractivity contribution in [1.82, 2.24) is 9.80 Å². The number of methoxy groups -OCH3 is 1. The minimum absolute atomic E-state index is 0.237. The lowest BCUT2D eigenvalue weighted by Gasteiger charge is -2.34. The number of piperazine rings is 1. The number of hydrogen-bond acceptors (Lipinski definition) is 5. The van der Waals surface area contributed by atoms with Gasteiger partial charge in [-0.3, -0.25) is 4.90 Å². The highest BCUT2D eigenvalue weighted by molar-refractivity contribution is 7.12. The molecule has 6 nitrogen and oxygen atoms in total. The topological polar surface area (TPSA) is 61.9 Å². The molecule has 1 saturated heterocycles. The SMILES string of the molecule is COC(=O)c1sccc1NC(=O)N1CCN(Cc2cccc(F)c2)CC1. The Labute approximate surface area is 155 Å². The van der Waals surface area contributed by atoms with Crippen LogP contribution in [-0.4, -0.2) is 55.1 Å². The van der Waals surface area contributed by atoms with Gasteiger partial charge in [0.15, 0.2) is 0 Å². The van der Waals surface area contributed by atoms with E-state index in [1.165, 1.54) is 30.6 Å². The third-order valence-corrected chi connectivity index (χ3v) is 5.13. The number of nitrogens with zero attached hydrogens (tertiary/aromatic N) is 2. The standard InChI is InChI=1S/C18H20FN3O3S/c1-25-17(23)16-15(5-10-26-16)20-18(24)22-8-6-21(7-9-22)12-13-3-2-4-14(19)11-13/h2-5,10-11H,6-9,12H2,1H3,(H,20,24). The van der Waals surface area contributed by atoms with Crippen LogP contribution in [0, 0.1) is 5.82 Å². The molecular formula is C18H20FN3O3S. The molecule has 3 rings (SSSR count). The number of thiophene rings is 1. The Morgan fingerprint density at radius 2 is 2.00 bits per heavy atom. The highest BCUT2D eigenvalue weighted by Crippen LogP contribution is 2.23. The molecule has 2 heterocycles. The first-order valence-electron chi connectivity index (χ1n) is 8.25. The lowest BCUT2D eigenvalue weighted by Crippen LogP contribution is -2.49. The van der Waals surface area contributed by atoms with Crippen molar-refractivity contribution in [3.05, 3.63) is 52.0 Å². The number of ether oxygens (including phenoxy) is 1. The molecule has 1 aromatic carbocycles.